The van der Waals surface area contributed by atoms with Crippen LogP contribution < -0.4 is 5.32 Å². The lowest BCUT2D eigenvalue weighted by Gasteiger charge is -2.32. The number of nitrogens with zero attached hydrogens (tertiary/aromatic N) is 2. The lowest BCUT2D eigenvalue weighted by Crippen LogP contribution is -2.53. The highest BCUT2D eigenvalue weighted by molar-refractivity contribution is 5.83. The van der Waals surface area contributed by atoms with Gasteiger partial charge in [-0.05, 0) is 0 Å². The zero-order valence-corrected chi connectivity index (χ0v) is 7.04. The zero-order valence-electron chi connectivity index (χ0n) is 7.04. The van der Waals surface area contributed by atoms with Gasteiger partial charge in [0.15, 0.2) is 0 Å². The third kappa shape index (κ3) is 2.02. The summed E-state index contributed by atoms with van der Waals surface area (Å²) in [5.74, 6) is -0.285. The van der Waals surface area contributed by atoms with Crippen molar-refractivity contribution in [3.05, 3.63) is 0 Å². The van der Waals surface area contributed by atoms with Gasteiger partial charge in [0, 0.05) is 33.1 Å². The molecule has 0 saturated carbocycles. The first-order chi connectivity index (χ1) is 5.75. The first-order valence-corrected chi connectivity index (χ1v) is 3.90. The van der Waals surface area contributed by atoms with Crippen LogP contribution in [-0.2, 0) is 9.59 Å². The molecule has 0 aliphatic carbocycles. The van der Waals surface area contributed by atoms with Gasteiger partial charge in [-0.1, -0.05) is 0 Å². The molecule has 5 heteroatoms. The Balaban J connectivity index is 2.51. The van der Waals surface area contributed by atoms with Gasteiger partial charge in [-0.2, -0.15) is 0 Å². The van der Waals surface area contributed by atoms with Crippen LogP contribution in [0.3, 0.4) is 0 Å². The molecule has 12 heavy (non-hydrogen) atoms. The van der Waals surface area contributed by atoms with Crippen molar-refractivity contribution in [2.45, 2.75) is 6.92 Å². The smallest absolute Gasteiger partial charge is 0.314 e. The quantitative estimate of drug-likeness (QED) is 0.525. The largest absolute Gasteiger partial charge is 0.335 e. The van der Waals surface area contributed by atoms with E-state index in [9.17, 15) is 9.59 Å². The van der Waals surface area contributed by atoms with Gasteiger partial charge in [-0.25, -0.2) is 10.0 Å². The lowest BCUT2D eigenvalue weighted by molar-refractivity contribution is -0.137. The van der Waals surface area contributed by atoms with Crippen molar-refractivity contribution in [3.63, 3.8) is 0 Å². The van der Waals surface area contributed by atoms with E-state index >= 15 is 0 Å². The first kappa shape index (κ1) is 9.15. The molecule has 1 radical (unpaired) electrons. The molecule has 1 saturated heterocycles. The molecular formula is C7H12N3O2. The monoisotopic (exact) mass is 170 g/mol. The Kier molecular flexibility index (Phi) is 3.19. The molecule has 0 bridgehead atoms. The summed E-state index contributed by atoms with van der Waals surface area (Å²) in [7, 11) is 0. The average Bonchev–Trinajstić information content (AvgIpc) is 2.07. The molecule has 1 rings (SSSR count). The Morgan fingerprint density at radius 1 is 1.50 bits per heavy atom. The van der Waals surface area contributed by atoms with Crippen molar-refractivity contribution < 1.29 is 9.59 Å². The van der Waals surface area contributed by atoms with Crippen molar-refractivity contribution in [2.24, 2.45) is 0 Å². The molecule has 1 aliphatic heterocycles. The number of amides is 2. The zero-order chi connectivity index (χ0) is 8.97. The van der Waals surface area contributed by atoms with E-state index < -0.39 is 0 Å². The normalized spacial score (nSPS) is 18.8. The number of piperazine rings is 1. The Bertz CT molecular complexity index is 177. The maximum Gasteiger partial charge on any atom is 0.335 e. The minimum Gasteiger partial charge on any atom is -0.314 e. The number of carbonyl (C=O) groups is 1. The van der Waals surface area contributed by atoms with E-state index in [1.807, 2.05) is 0 Å². The van der Waals surface area contributed by atoms with Gasteiger partial charge in [0.2, 0.25) is 5.91 Å². The van der Waals surface area contributed by atoms with Crippen LogP contribution in [-0.4, -0.2) is 48.5 Å². The van der Waals surface area contributed by atoms with Gasteiger partial charge in [-0.15, -0.1) is 0 Å². The molecule has 1 fully saturated rings. The van der Waals surface area contributed by atoms with Crippen molar-refractivity contribution in [1.29, 1.82) is 0 Å². The van der Waals surface area contributed by atoms with Crippen LogP contribution in [0.25, 0.3) is 0 Å². The van der Waals surface area contributed by atoms with E-state index in [4.69, 9.17) is 0 Å². The summed E-state index contributed by atoms with van der Waals surface area (Å²) in [5, 5.41) is 5.81. The van der Waals surface area contributed by atoms with E-state index in [-0.39, 0.29) is 5.91 Å². The van der Waals surface area contributed by atoms with Crippen molar-refractivity contribution in [3.8, 4) is 0 Å². The predicted octanol–water partition coefficient (Wildman–Crippen LogP) is -1.28. The van der Waals surface area contributed by atoms with Crippen molar-refractivity contribution in [2.75, 3.05) is 26.2 Å². The number of imide groups is 1. The Morgan fingerprint density at radius 2 is 2.08 bits per heavy atom. The summed E-state index contributed by atoms with van der Waals surface area (Å²) in [6.07, 6.45) is 1.60. The Morgan fingerprint density at radius 3 is 2.50 bits per heavy atom. The molecule has 1 N–H and O–H groups in total. The van der Waals surface area contributed by atoms with Gasteiger partial charge < -0.3 is 5.32 Å². The third-order valence-corrected chi connectivity index (χ3v) is 1.76. The van der Waals surface area contributed by atoms with Crippen LogP contribution in [0.2, 0.25) is 0 Å². The highest BCUT2D eigenvalue weighted by atomic mass is 16.2. The first-order valence-electron chi connectivity index (χ1n) is 3.90. The molecule has 67 valence electrons. The summed E-state index contributed by atoms with van der Waals surface area (Å²) in [6, 6.07) is 0. The van der Waals surface area contributed by atoms with Crippen LogP contribution >= 0.6 is 0 Å². The van der Waals surface area contributed by atoms with E-state index in [0.717, 1.165) is 18.1 Å². The van der Waals surface area contributed by atoms with Crippen LogP contribution in [0.1, 0.15) is 6.92 Å². The van der Waals surface area contributed by atoms with Crippen molar-refractivity contribution in [1.82, 2.24) is 15.3 Å². The third-order valence-electron chi connectivity index (χ3n) is 1.76. The van der Waals surface area contributed by atoms with Gasteiger partial charge in [0.25, 0.3) is 0 Å². The molecule has 0 unspecified atom stereocenters. The van der Waals surface area contributed by atoms with Crippen LogP contribution in [0, 0.1) is 0 Å². The second-order valence-corrected chi connectivity index (χ2v) is 2.63. The number of hydrogen-bond acceptors (Lipinski definition) is 4. The van der Waals surface area contributed by atoms with Crippen molar-refractivity contribution >= 4 is 12.3 Å². The second-order valence-electron chi connectivity index (χ2n) is 2.63. The fourth-order valence-electron chi connectivity index (χ4n) is 1.17. The SMILES string of the molecule is CC(=O)N([C]=O)N1CCNCC1. The molecule has 5 nitrogen and oxygen atoms in total. The van der Waals surface area contributed by atoms with Crippen LogP contribution in [0.15, 0.2) is 0 Å². The van der Waals surface area contributed by atoms with Gasteiger partial charge in [0.05, 0.1) is 0 Å². The number of hydrazine groups is 1. The molecule has 1 heterocycles. The summed E-state index contributed by atoms with van der Waals surface area (Å²) in [6.45, 7) is 4.30. The summed E-state index contributed by atoms with van der Waals surface area (Å²) in [4.78, 5) is 21.2. The highest BCUT2D eigenvalue weighted by Gasteiger charge is 2.19. The molecule has 0 aromatic heterocycles. The van der Waals surface area contributed by atoms with E-state index in [2.05, 4.69) is 5.32 Å². The number of rotatable bonds is 2. The Labute approximate surface area is 71.3 Å². The minimum atomic E-state index is -0.285. The number of carbonyl (C=O) groups excluding carboxylic acids is 2. The predicted molar refractivity (Wildman–Crippen MR) is 42.7 cm³/mol. The maximum absolute atomic E-state index is 10.9. The number of nitrogens with one attached hydrogen (secondary N) is 1. The standard InChI is InChI=1S/C7H12N3O2/c1-7(12)10(6-11)9-4-2-8-3-5-9/h8H,2-5H2,1H3. The van der Waals surface area contributed by atoms with E-state index in [1.165, 1.54) is 6.92 Å². The van der Waals surface area contributed by atoms with Crippen LogP contribution in [0.5, 0.6) is 0 Å². The Hall–Kier alpha value is -0.940. The molecular weight excluding hydrogens is 158 g/mol. The fraction of sp³-hybridized carbons (Fsp3) is 0.714. The van der Waals surface area contributed by atoms with E-state index in [0.29, 0.717) is 13.1 Å². The van der Waals surface area contributed by atoms with Crippen LogP contribution in [0.4, 0.5) is 0 Å². The number of hydrogen-bond donors (Lipinski definition) is 1. The fourth-order valence-corrected chi connectivity index (χ4v) is 1.17. The molecule has 0 aromatic carbocycles. The second kappa shape index (κ2) is 4.18. The summed E-state index contributed by atoms with van der Waals surface area (Å²) < 4.78 is 0. The molecule has 0 spiro atoms. The summed E-state index contributed by atoms with van der Waals surface area (Å²) >= 11 is 0. The molecule has 1 aliphatic rings. The topological polar surface area (TPSA) is 52.7 Å². The summed E-state index contributed by atoms with van der Waals surface area (Å²) in [5.41, 5.74) is 0. The maximum atomic E-state index is 10.9. The minimum absolute atomic E-state index is 0.285. The molecule has 2 amide bonds. The van der Waals surface area contributed by atoms with Gasteiger partial charge in [0.1, 0.15) is 0 Å². The lowest BCUT2D eigenvalue weighted by atomic mass is 10.4. The average molecular weight is 170 g/mol. The van der Waals surface area contributed by atoms with Gasteiger partial charge >= 0.3 is 6.41 Å². The van der Waals surface area contributed by atoms with Gasteiger partial charge in [-0.3, -0.25) is 9.59 Å². The molecule has 0 aromatic rings. The highest BCUT2D eigenvalue weighted by Crippen LogP contribution is 1.97. The van der Waals surface area contributed by atoms with E-state index in [1.54, 1.807) is 11.4 Å². The molecule has 0 atom stereocenters.